The number of amides is 1. The fourth-order valence-electron chi connectivity index (χ4n) is 1.67. The van der Waals surface area contributed by atoms with E-state index in [2.05, 4.69) is 5.32 Å². The maximum absolute atomic E-state index is 11.5. The van der Waals surface area contributed by atoms with Gasteiger partial charge in [-0.15, -0.1) is 0 Å². The highest BCUT2D eigenvalue weighted by Crippen LogP contribution is 2.18. The van der Waals surface area contributed by atoms with Crippen LogP contribution in [-0.2, 0) is 9.59 Å². The van der Waals surface area contributed by atoms with Crippen LogP contribution in [0.2, 0.25) is 0 Å². The van der Waals surface area contributed by atoms with Gasteiger partial charge in [-0.1, -0.05) is 44.2 Å². The Morgan fingerprint density at radius 3 is 2.33 bits per heavy atom. The Bertz CT molecular complexity index is 401. The molecule has 0 saturated carbocycles. The number of carbonyl (C=O) groups excluding carboxylic acids is 1. The van der Waals surface area contributed by atoms with Gasteiger partial charge < -0.3 is 10.4 Å². The van der Waals surface area contributed by atoms with Crippen LogP contribution in [0.4, 0.5) is 0 Å². The number of hydrogen-bond acceptors (Lipinski definition) is 2. The molecule has 0 aliphatic rings. The van der Waals surface area contributed by atoms with E-state index in [0.717, 1.165) is 5.56 Å². The molecule has 4 nitrogen and oxygen atoms in total. The largest absolute Gasteiger partial charge is 0.481 e. The molecule has 0 radical (unpaired) electrons. The van der Waals surface area contributed by atoms with Crippen molar-refractivity contribution >= 4 is 11.9 Å². The number of carboxylic acids is 1. The van der Waals surface area contributed by atoms with Crippen LogP contribution < -0.4 is 5.32 Å². The van der Waals surface area contributed by atoms with E-state index in [0.29, 0.717) is 6.54 Å². The predicted octanol–water partition coefficient (Wildman–Crippen LogP) is 2.02. The molecule has 1 amide bonds. The van der Waals surface area contributed by atoms with Gasteiger partial charge in [-0.3, -0.25) is 9.59 Å². The van der Waals surface area contributed by atoms with Crippen LogP contribution in [-0.4, -0.2) is 23.5 Å². The van der Waals surface area contributed by atoms with E-state index in [9.17, 15) is 9.59 Å². The molecule has 0 heterocycles. The standard InChI is InChI=1S/C14H19NO3/c1-10(2)14(18)15-9-12(8-13(16)17)11-6-4-3-5-7-11/h3-7,10,12H,8-9H2,1-2H3,(H,15,18)(H,16,17). The molecular formula is C14H19NO3. The quantitative estimate of drug-likeness (QED) is 0.810. The van der Waals surface area contributed by atoms with Gasteiger partial charge in [-0.05, 0) is 5.56 Å². The lowest BCUT2D eigenvalue weighted by Gasteiger charge is -2.17. The first kappa shape index (κ1) is 14.2. The van der Waals surface area contributed by atoms with Crippen molar-refractivity contribution in [3.63, 3.8) is 0 Å². The second-order valence-corrected chi connectivity index (χ2v) is 4.61. The first-order valence-corrected chi connectivity index (χ1v) is 6.05. The van der Waals surface area contributed by atoms with Crippen molar-refractivity contribution in [2.45, 2.75) is 26.2 Å². The van der Waals surface area contributed by atoms with Crippen LogP contribution in [0, 0.1) is 5.92 Å². The molecule has 1 aromatic carbocycles. The molecule has 0 fully saturated rings. The van der Waals surface area contributed by atoms with E-state index in [4.69, 9.17) is 5.11 Å². The Morgan fingerprint density at radius 2 is 1.83 bits per heavy atom. The molecular weight excluding hydrogens is 230 g/mol. The minimum atomic E-state index is -0.859. The van der Waals surface area contributed by atoms with E-state index in [1.807, 2.05) is 44.2 Å². The zero-order valence-electron chi connectivity index (χ0n) is 10.7. The summed E-state index contributed by atoms with van der Waals surface area (Å²) in [6, 6.07) is 9.39. The lowest BCUT2D eigenvalue weighted by atomic mass is 9.95. The summed E-state index contributed by atoms with van der Waals surface area (Å²) in [7, 11) is 0. The normalized spacial score (nSPS) is 12.2. The fraction of sp³-hybridized carbons (Fsp3) is 0.429. The van der Waals surface area contributed by atoms with Crippen LogP contribution in [0.15, 0.2) is 30.3 Å². The third-order valence-electron chi connectivity index (χ3n) is 2.74. The van der Waals surface area contributed by atoms with Gasteiger partial charge in [-0.25, -0.2) is 0 Å². The minimum Gasteiger partial charge on any atom is -0.481 e. The number of aliphatic carboxylic acids is 1. The predicted molar refractivity (Wildman–Crippen MR) is 69.3 cm³/mol. The van der Waals surface area contributed by atoms with Gasteiger partial charge in [0.05, 0.1) is 6.42 Å². The Hall–Kier alpha value is -1.84. The summed E-state index contributed by atoms with van der Waals surface area (Å²) in [5.74, 6) is -1.19. The molecule has 18 heavy (non-hydrogen) atoms. The molecule has 0 aliphatic heterocycles. The highest BCUT2D eigenvalue weighted by atomic mass is 16.4. The van der Waals surface area contributed by atoms with Crippen molar-refractivity contribution in [1.82, 2.24) is 5.32 Å². The maximum Gasteiger partial charge on any atom is 0.304 e. The van der Waals surface area contributed by atoms with E-state index in [-0.39, 0.29) is 24.2 Å². The zero-order valence-corrected chi connectivity index (χ0v) is 10.7. The highest BCUT2D eigenvalue weighted by molar-refractivity contribution is 5.78. The van der Waals surface area contributed by atoms with Crippen LogP contribution in [0.5, 0.6) is 0 Å². The van der Waals surface area contributed by atoms with Crippen molar-refractivity contribution in [2.75, 3.05) is 6.54 Å². The smallest absolute Gasteiger partial charge is 0.304 e. The summed E-state index contributed by atoms with van der Waals surface area (Å²) in [6.45, 7) is 3.97. The lowest BCUT2D eigenvalue weighted by molar-refractivity contribution is -0.137. The molecule has 0 bridgehead atoms. The Kier molecular flexibility index (Phi) is 5.36. The average Bonchev–Trinajstić information content (AvgIpc) is 2.34. The Labute approximate surface area is 107 Å². The number of rotatable bonds is 6. The molecule has 0 saturated heterocycles. The third kappa shape index (κ3) is 4.57. The Morgan fingerprint density at radius 1 is 1.22 bits per heavy atom. The van der Waals surface area contributed by atoms with Gasteiger partial charge in [0.1, 0.15) is 0 Å². The molecule has 98 valence electrons. The summed E-state index contributed by atoms with van der Waals surface area (Å²) in [5.41, 5.74) is 0.934. The van der Waals surface area contributed by atoms with Crippen molar-refractivity contribution in [3.05, 3.63) is 35.9 Å². The molecule has 1 atom stereocenters. The number of benzene rings is 1. The van der Waals surface area contributed by atoms with Gasteiger partial charge >= 0.3 is 5.97 Å². The van der Waals surface area contributed by atoms with E-state index < -0.39 is 5.97 Å². The molecule has 2 N–H and O–H groups in total. The maximum atomic E-state index is 11.5. The Balaban J connectivity index is 2.68. The number of hydrogen-bond donors (Lipinski definition) is 2. The van der Waals surface area contributed by atoms with E-state index >= 15 is 0 Å². The van der Waals surface area contributed by atoms with Crippen molar-refractivity contribution in [1.29, 1.82) is 0 Å². The summed E-state index contributed by atoms with van der Waals surface area (Å²) in [6.07, 6.45) is 0.0163. The SMILES string of the molecule is CC(C)C(=O)NCC(CC(=O)O)c1ccccc1. The highest BCUT2D eigenvalue weighted by Gasteiger charge is 2.17. The lowest BCUT2D eigenvalue weighted by Crippen LogP contribution is -2.32. The van der Waals surface area contributed by atoms with Gasteiger partial charge in [0.25, 0.3) is 0 Å². The topological polar surface area (TPSA) is 66.4 Å². The average molecular weight is 249 g/mol. The molecule has 0 spiro atoms. The molecule has 1 unspecified atom stereocenters. The van der Waals surface area contributed by atoms with Crippen LogP contribution >= 0.6 is 0 Å². The molecule has 0 aliphatic carbocycles. The van der Waals surface area contributed by atoms with Crippen molar-refractivity contribution in [3.8, 4) is 0 Å². The second kappa shape index (κ2) is 6.79. The summed E-state index contributed by atoms with van der Waals surface area (Å²) < 4.78 is 0. The monoisotopic (exact) mass is 249 g/mol. The molecule has 1 rings (SSSR count). The van der Waals surface area contributed by atoms with Crippen LogP contribution in [0.3, 0.4) is 0 Å². The van der Waals surface area contributed by atoms with Crippen molar-refractivity contribution in [2.24, 2.45) is 5.92 Å². The molecule has 1 aromatic rings. The van der Waals surface area contributed by atoms with Gasteiger partial charge in [-0.2, -0.15) is 0 Å². The van der Waals surface area contributed by atoms with Crippen LogP contribution in [0.25, 0.3) is 0 Å². The third-order valence-corrected chi connectivity index (χ3v) is 2.74. The number of carbonyl (C=O) groups is 2. The fourth-order valence-corrected chi connectivity index (χ4v) is 1.67. The molecule has 4 heteroatoms. The minimum absolute atomic E-state index is 0.0163. The van der Waals surface area contributed by atoms with Gasteiger partial charge in [0, 0.05) is 18.4 Å². The van der Waals surface area contributed by atoms with E-state index in [1.165, 1.54) is 0 Å². The first-order chi connectivity index (χ1) is 8.50. The number of nitrogens with one attached hydrogen (secondary N) is 1. The zero-order chi connectivity index (χ0) is 13.5. The van der Waals surface area contributed by atoms with Crippen molar-refractivity contribution < 1.29 is 14.7 Å². The summed E-state index contributed by atoms with van der Waals surface area (Å²) in [4.78, 5) is 22.4. The first-order valence-electron chi connectivity index (χ1n) is 6.05. The second-order valence-electron chi connectivity index (χ2n) is 4.61. The summed E-state index contributed by atoms with van der Waals surface area (Å²) >= 11 is 0. The van der Waals surface area contributed by atoms with E-state index in [1.54, 1.807) is 0 Å². The van der Waals surface area contributed by atoms with Gasteiger partial charge in [0.15, 0.2) is 0 Å². The molecule has 0 aromatic heterocycles. The van der Waals surface area contributed by atoms with Crippen LogP contribution in [0.1, 0.15) is 31.7 Å². The summed E-state index contributed by atoms with van der Waals surface area (Å²) in [5, 5.41) is 11.7. The number of carboxylic acid groups (broad SMARTS) is 1. The van der Waals surface area contributed by atoms with Gasteiger partial charge in [0.2, 0.25) is 5.91 Å².